The minimum absolute atomic E-state index is 0.102. The lowest BCUT2D eigenvalue weighted by atomic mass is 9.92. The highest BCUT2D eigenvalue weighted by Crippen LogP contribution is 2.44. The van der Waals surface area contributed by atoms with Gasteiger partial charge in [0.2, 0.25) is 0 Å². The second-order valence-corrected chi connectivity index (χ2v) is 6.37. The van der Waals surface area contributed by atoms with Crippen molar-refractivity contribution >= 4 is 16.9 Å². The summed E-state index contributed by atoms with van der Waals surface area (Å²) in [6, 6.07) is 13.4. The van der Waals surface area contributed by atoms with Gasteiger partial charge >= 0.3 is 12.1 Å². The van der Waals surface area contributed by atoms with Gasteiger partial charge in [-0.15, -0.1) is 0 Å². The Bertz CT molecular complexity index is 1020. The summed E-state index contributed by atoms with van der Waals surface area (Å²) in [6.45, 7) is -0.0221. The Morgan fingerprint density at radius 1 is 1.10 bits per heavy atom. The largest absolute Gasteiger partial charge is 0.487 e. The molecule has 1 heterocycles. The third-order valence-electron chi connectivity index (χ3n) is 4.48. The van der Waals surface area contributed by atoms with Crippen molar-refractivity contribution in [3.8, 4) is 5.75 Å². The van der Waals surface area contributed by atoms with Crippen LogP contribution >= 0.6 is 0 Å². The molecule has 2 N–H and O–H groups in total. The topological polar surface area (TPSA) is 80.9 Å². The summed E-state index contributed by atoms with van der Waals surface area (Å²) in [5.41, 5.74) is -3.87. The Morgan fingerprint density at radius 3 is 2.38 bits per heavy atom. The molecule has 3 aromatic rings. The highest BCUT2D eigenvalue weighted by Gasteiger charge is 2.62. The lowest BCUT2D eigenvalue weighted by molar-refractivity contribution is -0.265. The maximum Gasteiger partial charge on any atom is 0.432 e. The van der Waals surface area contributed by atoms with Gasteiger partial charge in [0.25, 0.3) is 5.60 Å². The van der Waals surface area contributed by atoms with Crippen LogP contribution in [0.1, 0.15) is 11.1 Å². The van der Waals surface area contributed by atoms with Gasteiger partial charge in [-0.25, -0.2) is 4.79 Å². The quantitative estimate of drug-likeness (QED) is 0.623. The lowest BCUT2D eigenvalue weighted by Crippen LogP contribution is -2.49. The van der Waals surface area contributed by atoms with Gasteiger partial charge in [0.15, 0.2) is 0 Å². The number of halogens is 3. The molecule has 0 amide bonds. The number of rotatable bonds is 7. The Kier molecular flexibility index (Phi) is 5.54. The zero-order valence-electron chi connectivity index (χ0n) is 15.3. The minimum Gasteiger partial charge on any atom is -0.487 e. The zero-order chi connectivity index (χ0) is 21.2. The first-order chi connectivity index (χ1) is 13.7. The van der Waals surface area contributed by atoms with Crippen molar-refractivity contribution in [2.75, 3.05) is 7.11 Å². The number of fused-ring (bicyclic) bond motifs is 1. The Labute approximate surface area is 163 Å². The van der Waals surface area contributed by atoms with Crippen molar-refractivity contribution in [3.63, 3.8) is 0 Å². The van der Waals surface area contributed by atoms with Gasteiger partial charge in [-0.1, -0.05) is 42.5 Å². The molecule has 3 rings (SSSR count). The molecule has 1 unspecified atom stereocenters. The summed E-state index contributed by atoms with van der Waals surface area (Å²) in [5.74, 6) is -2.19. The molecule has 9 heteroatoms. The van der Waals surface area contributed by atoms with Crippen LogP contribution in [0.2, 0.25) is 0 Å². The van der Waals surface area contributed by atoms with Crippen LogP contribution < -0.4 is 4.74 Å². The smallest absolute Gasteiger partial charge is 0.432 e. The van der Waals surface area contributed by atoms with Gasteiger partial charge in [0.1, 0.15) is 19.1 Å². The second-order valence-electron chi connectivity index (χ2n) is 6.37. The highest BCUT2D eigenvalue weighted by molar-refractivity contribution is 5.94. The summed E-state index contributed by atoms with van der Waals surface area (Å²) in [4.78, 5) is 11.4. The third kappa shape index (κ3) is 3.66. The first kappa shape index (κ1) is 20.7. The van der Waals surface area contributed by atoms with E-state index in [1.54, 1.807) is 6.07 Å². The maximum absolute atomic E-state index is 13.5. The second kappa shape index (κ2) is 7.76. The average molecular weight is 409 g/mol. The van der Waals surface area contributed by atoms with Gasteiger partial charge in [0, 0.05) is 24.3 Å². The number of aliphatic carboxylic acids is 1. The summed E-state index contributed by atoms with van der Waals surface area (Å²) < 4.78 is 52.7. The van der Waals surface area contributed by atoms with E-state index in [9.17, 15) is 28.2 Å². The maximum atomic E-state index is 13.5. The van der Waals surface area contributed by atoms with Gasteiger partial charge in [-0.3, -0.25) is 0 Å². The Balaban J connectivity index is 2.16. The molecule has 0 fully saturated rings. The first-order valence-electron chi connectivity index (χ1n) is 8.50. The van der Waals surface area contributed by atoms with E-state index in [4.69, 9.17) is 9.47 Å². The zero-order valence-corrected chi connectivity index (χ0v) is 15.3. The number of aliphatic hydroxyl groups is 1. The molecule has 1 atom stereocenters. The van der Waals surface area contributed by atoms with Crippen molar-refractivity contribution in [1.29, 1.82) is 0 Å². The van der Waals surface area contributed by atoms with Gasteiger partial charge in [-0.05, 0) is 11.6 Å². The fourth-order valence-electron chi connectivity index (χ4n) is 3.10. The number of nitrogens with zero attached hydrogens (tertiary/aromatic N) is 1. The summed E-state index contributed by atoms with van der Waals surface area (Å²) >= 11 is 0. The van der Waals surface area contributed by atoms with E-state index >= 15 is 0 Å². The van der Waals surface area contributed by atoms with Crippen molar-refractivity contribution in [1.82, 2.24) is 4.57 Å². The molecular formula is C20H18F3NO5. The molecule has 0 saturated heterocycles. The standard InChI is InChI=1S/C20H18F3NO5/c1-28-12-24-10-15(19(27,18(25)26)20(21,22)23)14-8-5-9-16(17(14)24)29-11-13-6-3-2-4-7-13/h2-10,27H,11-12H2,1H3,(H,25,26). The Hall–Kier alpha value is -3.04. The summed E-state index contributed by atoms with van der Waals surface area (Å²) in [5, 5.41) is 19.3. The SMILES string of the molecule is COCn1cc(C(O)(C(=O)O)C(F)(F)F)c2cccc(OCc3ccccc3)c21. The number of alkyl halides is 3. The molecule has 154 valence electrons. The van der Waals surface area contributed by atoms with E-state index in [0.29, 0.717) is 0 Å². The average Bonchev–Trinajstić information content (AvgIpc) is 3.05. The minimum atomic E-state index is -5.44. The van der Waals surface area contributed by atoms with Crippen LogP contribution in [-0.4, -0.2) is 34.0 Å². The van der Waals surface area contributed by atoms with Crippen LogP contribution in [0, 0.1) is 0 Å². The molecule has 0 aliphatic carbocycles. The van der Waals surface area contributed by atoms with Crippen molar-refractivity contribution in [3.05, 3.63) is 65.9 Å². The number of methoxy groups -OCH3 is 1. The molecular weight excluding hydrogens is 391 g/mol. The molecule has 0 aliphatic heterocycles. The number of hydrogen-bond donors (Lipinski definition) is 2. The normalized spacial score (nSPS) is 14.0. The third-order valence-corrected chi connectivity index (χ3v) is 4.48. The van der Waals surface area contributed by atoms with Crippen LogP contribution in [0.5, 0.6) is 5.75 Å². The van der Waals surface area contributed by atoms with Crippen LogP contribution in [0.25, 0.3) is 10.9 Å². The molecule has 1 aromatic heterocycles. The number of aromatic nitrogens is 1. The number of para-hydroxylation sites is 1. The fourth-order valence-corrected chi connectivity index (χ4v) is 3.10. The lowest BCUT2D eigenvalue weighted by Gasteiger charge is -2.25. The van der Waals surface area contributed by atoms with Crippen LogP contribution in [0.4, 0.5) is 13.2 Å². The van der Waals surface area contributed by atoms with E-state index in [1.165, 1.54) is 23.8 Å². The number of hydrogen-bond acceptors (Lipinski definition) is 4. The highest BCUT2D eigenvalue weighted by atomic mass is 19.4. The van der Waals surface area contributed by atoms with Gasteiger partial charge < -0.3 is 24.3 Å². The monoisotopic (exact) mass is 409 g/mol. The number of carboxylic acid groups (broad SMARTS) is 1. The van der Waals surface area contributed by atoms with Crippen molar-refractivity contribution in [2.24, 2.45) is 0 Å². The number of carboxylic acids is 1. The molecule has 0 bridgehead atoms. The summed E-state index contributed by atoms with van der Waals surface area (Å²) in [7, 11) is 1.34. The molecule has 0 saturated carbocycles. The number of benzene rings is 2. The number of carbonyl (C=O) groups is 1. The molecule has 0 aliphatic rings. The molecule has 6 nitrogen and oxygen atoms in total. The fraction of sp³-hybridized carbons (Fsp3) is 0.250. The molecule has 0 spiro atoms. The number of ether oxygens (including phenoxy) is 2. The van der Waals surface area contributed by atoms with E-state index in [1.807, 2.05) is 30.3 Å². The van der Waals surface area contributed by atoms with Gasteiger partial charge in [-0.2, -0.15) is 13.2 Å². The van der Waals surface area contributed by atoms with Crippen LogP contribution in [0.15, 0.2) is 54.7 Å². The predicted molar refractivity (Wildman–Crippen MR) is 97.3 cm³/mol. The van der Waals surface area contributed by atoms with E-state index < -0.39 is 23.3 Å². The van der Waals surface area contributed by atoms with Crippen LogP contribution in [-0.2, 0) is 28.5 Å². The molecule has 29 heavy (non-hydrogen) atoms. The van der Waals surface area contributed by atoms with Crippen molar-refractivity contribution < 1.29 is 37.7 Å². The van der Waals surface area contributed by atoms with E-state index in [2.05, 4.69) is 0 Å². The Morgan fingerprint density at radius 2 is 1.79 bits per heavy atom. The molecule has 2 aromatic carbocycles. The summed E-state index contributed by atoms with van der Waals surface area (Å²) in [6.07, 6.45) is -4.52. The van der Waals surface area contributed by atoms with E-state index in [-0.39, 0.29) is 30.0 Å². The van der Waals surface area contributed by atoms with Crippen molar-refractivity contribution in [2.45, 2.75) is 25.1 Å². The predicted octanol–water partition coefficient (Wildman–Crippen LogP) is 3.66. The van der Waals surface area contributed by atoms with Gasteiger partial charge in [0.05, 0.1) is 5.52 Å². The molecule has 0 radical (unpaired) electrons. The van der Waals surface area contributed by atoms with E-state index in [0.717, 1.165) is 11.8 Å². The van der Waals surface area contributed by atoms with Crippen LogP contribution in [0.3, 0.4) is 0 Å². The first-order valence-corrected chi connectivity index (χ1v) is 8.50.